The van der Waals surface area contributed by atoms with Gasteiger partial charge in [-0.3, -0.25) is 9.69 Å². The predicted octanol–water partition coefficient (Wildman–Crippen LogP) is 2.39. The van der Waals surface area contributed by atoms with Gasteiger partial charge in [0.25, 0.3) is 0 Å². The van der Waals surface area contributed by atoms with Gasteiger partial charge < -0.3 is 4.74 Å². The summed E-state index contributed by atoms with van der Waals surface area (Å²) in [5, 5.41) is 0. The molecule has 3 atom stereocenters. The van der Waals surface area contributed by atoms with Crippen LogP contribution in [0.2, 0.25) is 0 Å². The molecule has 3 heteroatoms. The molecule has 0 N–H and O–H groups in total. The lowest BCUT2D eigenvalue weighted by atomic mass is 9.64. The zero-order valence-corrected chi connectivity index (χ0v) is 11.9. The molecule has 102 valence electrons. The van der Waals surface area contributed by atoms with E-state index < -0.39 is 0 Å². The number of hydrogen-bond acceptors (Lipinski definition) is 3. The van der Waals surface area contributed by atoms with Crippen LogP contribution in [0.4, 0.5) is 0 Å². The van der Waals surface area contributed by atoms with Crippen LogP contribution in [0.3, 0.4) is 0 Å². The molecule has 18 heavy (non-hydrogen) atoms. The van der Waals surface area contributed by atoms with Gasteiger partial charge in [0.2, 0.25) is 0 Å². The lowest BCUT2D eigenvalue weighted by molar-refractivity contribution is -0.245. The molecule has 0 amide bonds. The Kier molecular flexibility index (Phi) is 2.83. The second kappa shape index (κ2) is 4.04. The Balaban J connectivity index is 1.89. The third kappa shape index (κ3) is 1.75. The van der Waals surface area contributed by atoms with E-state index in [4.69, 9.17) is 4.74 Å². The van der Waals surface area contributed by atoms with Crippen LogP contribution in [-0.4, -0.2) is 41.0 Å². The minimum atomic E-state index is -0.267. The summed E-state index contributed by atoms with van der Waals surface area (Å²) in [7, 11) is 0. The Bertz CT molecular complexity index is 360. The molecule has 4 fully saturated rings. The summed E-state index contributed by atoms with van der Waals surface area (Å²) >= 11 is 0. The number of likely N-dealkylation sites (tertiary alicyclic amines) is 1. The molecule has 3 heterocycles. The summed E-state index contributed by atoms with van der Waals surface area (Å²) in [5.41, 5.74) is -0.525. The Morgan fingerprint density at radius 1 is 1.17 bits per heavy atom. The maximum Gasteiger partial charge on any atom is 0.158 e. The summed E-state index contributed by atoms with van der Waals surface area (Å²) in [4.78, 5) is 15.2. The number of Topliss-reactive ketones (excluding diaryl/α,β-unsaturated/α-hetero) is 1. The Morgan fingerprint density at radius 2 is 1.83 bits per heavy atom. The van der Waals surface area contributed by atoms with Crippen molar-refractivity contribution in [3.63, 3.8) is 0 Å². The van der Waals surface area contributed by atoms with Crippen molar-refractivity contribution in [1.29, 1.82) is 0 Å². The van der Waals surface area contributed by atoms with Crippen molar-refractivity contribution < 1.29 is 9.53 Å². The van der Waals surface area contributed by atoms with Crippen LogP contribution in [0.1, 0.15) is 52.9 Å². The minimum absolute atomic E-state index is 0.0181. The molecule has 0 unspecified atom stereocenters. The Labute approximate surface area is 110 Å². The zero-order chi connectivity index (χ0) is 13.0. The van der Waals surface area contributed by atoms with Crippen LogP contribution >= 0.6 is 0 Å². The molecule has 4 rings (SSSR count). The van der Waals surface area contributed by atoms with E-state index in [2.05, 4.69) is 25.7 Å². The van der Waals surface area contributed by atoms with Crippen molar-refractivity contribution in [3.05, 3.63) is 0 Å². The fourth-order valence-electron chi connectivity index (χ4n) is 4.41. The van der Waals surface area contributed by atoms with E-state index in [-0.39, 0.29) is 23.2 Å². The van der Waals surface area contributed by atoms with Crippen molar-refractivity contribution >= 4 is 5.78 Å². The van der Waals surface area contributed by atoms with Gasteiger partial charge in [0.1, 0.15) is 0 Å². The first-order chi connectivity index (χ1) is 8.44. The number of carbonyl (C=O) groups is 1. The number of ketones is 1. The van der Waals surface area contributed by atoms with E-state index in [9.17, 15) is 4.79 Å². The van der Waals surface area contributed by atoms with E-state index >= 15 is 0 Å². The average Bonchev–Trinajstić information content (AvgIpc) is 2.27. The molecule has 0 aromatic heterocycles. The lowest BCUT2D eigenvalue weighted by Gasteiger charge is -2.59. The molecular weight excluding hydrogens is 226 g/mol. The van der Waals surface area contributed by atoms with E-state index in [1.807, 2.05) is 0 Å². The first kappa shape index (κ1) is 12.6. The van der Waals surface area contributed by atoms with E-state index in [1.54, 1.807) is 0 Å². The highest BCUT2D eigenvalue weighted by Crippen LogP contribution is 2.49. The molecule has 1 aliphatic carbocycles. The monoisotopic (exact) mass is 251 g/mol. The first-order valence-corrected chi connectivity index (χ1v) is 7.42. The highest BCUT2D eigenvalue weighted by atomic mass is 16.5. The summed E-state index contributed by atoms with van der Waals surface area (Å²) in [5.74, 6) is 0.549. The van der Waals surface area contributed by atoms with Crippen LogP contribution in [-0.2, 0) is 9.53 Å². The highest BCUT2D eigenvalue weighted by molar-refractivity contribution is 5.90. The van der Waals surface area contributed by atoms with Crippen LogP contribution in [0.25, 0.3) is 0 Å². The van der Waals surface area contributed by atoms with Gasteiger partial charge in [-0.1, -0.05) is 6.42 Å². The molecule has 2 bridgehead atoms. The molecule has 0 aromatic carbocycles. The highest BCUT2D eigenvalue weighted by Gasteiger charge is 2.60. The summed E-state index contributed by atoms with van der Waals surface area (Å²) in [6, 6.07) is 0.0181. The van der Waals surface area contributed by atoms with E-state index in [0.29, 0.717) is 5.78 Å². The third-order valence-corrected chi connectivity index (χ3v) is 5.21. The van der Waals surface area contributed by atoms with Gasteiger partial charge in [-0.05, 0) is 59.5 Å². The van der Waals surface area contributed by atoms with Gasteiger partial charge in [-0.15, -0.1) is 0 Å². The molecule has 4 aliphatic rings. The number of ether oxygens (including phenoxy) is 1. The van der Waals surface area contributed by atoms with Crippen molar-refractivity contribution in [2.45, 2.75) is 70.1 Å². The maximum absolute atomic E-state index is 12.8. The third-order valence-electron chi connectivity index (χ3n) is 5.21. The van der Waals surface area contributed by atoms with Crippen molar-refractivity contribution in [2.75, 3.05) is 13.1 Å². The number of rotatable bonds is 1. The van der Waals surface area contributed by atoms with E-state index in [0.717, 1.165) is 25.9 Å². The number of hydrogen-bond donors (Lipinski definition) is 0. The number of fused-ring (bicyclic) bond motifs is 3. The van der Waals surface area contributed by atoms with E-state index in [1.165, 1.54) is 19.3 Å². The van der Waals surface area contributed by atoms with Gasteiger partial charge in [0.15, 0.2) is 5.78 Å². The molecular formula is C15H25NO2. The smallest absolute Gasteiger partial charge is 0.158 e. The van der Waals surface area contributed by atoms with Crippen molar-refractivity contribution in [3.8, 4) is 0 Å². The fourth-order valence-corrected chi connectivity index (χ4v) is 4.41. The van der Waals surface area contributed by atoms with Crippen molar-refractivity contribution in [2.24, 2.45) is 5.92 Å². The molecule has 3 saturated heterocycles. The molecule has 0 aromatic rings. The molecule has 1 saturated carbocycles. The van der Waals surface area contributed by atoms with Gasteiger partial charge in [0, 0.05) is 5.92 Å². The topological polar surface area (TPSA) is 29.5 Å². The van der Waals surface area contributed by atoms with Crippen LogP contribution in [0.15, 0.2) is 0 Å². The van der Waals surface area contributed by atoms with Gasteiger partial charge in [0.05, 0.1) is 17.2 Å². The largest absolute Gasteiger partial charge is 0.367 e. The second-order valence-corrected chi connectivity index (χ2v) is 7.01. The minimum Gasteiger partial charge on any atom is -0.367 e. The normalized spacial score (nSPS) is 44.3. The van der Waals surface area contributed by atoms with Crippen molar-refractivity contribution in [1.82, 2.24) is 4.90 Å². The standard InChI is InChI=1S/C15H25NO2/c1-14(2)11-7-8-15(3,18-14)13(12(11)17)16-9-5-4-6-10-16/h11,13H,4-10H2,1-3H3/t11-,13-,15+/m1/s1. The Hall–Kier alpha value is -0.410. The number of piperidine rings is 1. The summed E-state index contributed by atoms with van der Waals surface area (Å²) in [6.07, 6.45) is 5.81. The van der Waals surface area contributed by atoms with Crippen LogP contribution in [0, 0.1) is 5.92 Å². The predicted molar refractivity (Wildman–Crippen MR) is 70.5 cm³/mol. The summed E-state index contributed by atoms with van der Waals surface area (Å²) < 4.78 is 6.33. The Morgan fingerprint density at radius 3 is 2.39 bits per heavy atom. The molecule has 3 nitrogen and oxygen atoms in total. The quantitative estimate of drug-likeness (QED) is 0.716. The van der Waals surface area contributed by atoms with Crippen LogP contribution in [0.5, 0.6) is 0 Å². The van der Waals surface area contributed by atoms with Gasteiger partial charge >= 0.3 is 0 Å². The number of nitrogens with zero attached hydrogens (tertiary/aromatic N) is 1. The average molecular weight is 251 g/mol. The molecule has 0 radical (unpaired) electrons. The number of carbonyl (C=O) groups excluding carboxylic acids is 1. The zero-order valence-electron chi connectivity index (χ0n) is 11.9. The summed E-state index contributed by atoms with van der Waals surface area (Å²) in [6.45, 7) is 8.46. The fraction of sp³-hybridized carbons (Fsp3) is 0.933. The van der Waals surface area contributed by atoms with Crippen LogP contribution < -0.4 is 0 Å². The lowest BCUT2D eigenvalue weighted by Crippen LogP contribution is -2.71. The van der Waals surface area contributed by atoms with Gasteiger partial charge in [-0.25, -0.2) is 0 Å². The molecule has 0 spiro atoms. The SMILES string of the molecule is CC1(C)O[C@@]2(C)CC[C@@H]1C(=O)[C@H]2N1CCCCC1. The first-order valence-electron chi connectivity index (χ1n) is 7.42. The maximum atomic E-state index is 12.8. The van der Waals surface area contributed by atoms with Gasteiger partial charge in [-0.2, -0.15) is 0 Å². The molecule has 3 aliphatic heterocycles. The second-order valence-electron chi connectivity index (χ2n) is 7.01.